The lowest BCUT2D eigenvalue weighted by molar-refractivity contribution is -0.137. The van der Waals surface area contributed by atoms with Crippen molar-refractivity contribution in [2.45, 2.75) is 50.9 Å². The summed E-state index contributed by atoms with van der Waals surface area (Å²) in [6.45, 7) is 2.64. The fraction of sp³-hybridized carbons (Fsp3) is 0.462. The molecule has 4 nitrogen and oxygen atoms in total. The van der Waals surface area contributed by atoms with Gasteiger partial charge in [0, 0.05) is 56.5 Å². The van der Waals surface area contributed by atoms with Crippen LogP contribution in [0, 0.1) is 5.92 Å². The van der Waals surface area contributed by atoms with Gasteiger partial charge in [-0.2, -0.15) is 13.2 Å². The van der Waals surface area contributed by atoms with Gasteiger partial charge in [-0.15, -0.1) is 0 Å². The van der Waals surface area contributed by atoms with Crippen molar-refractivity contribution in [3.05, 3.63) is 71.1 Å². The van der Waals surface area contributed by atoms with Crippen molar-refractivity contribution < 1.29 is 18.0 Å². The number of aromatic nitrogens is 1. The quantitative estimate of drug-likeness (QED) is 0.658. The maximum absolute atomic E-state index is 13.2. The number of nitrogens with zero attached hydrogens (tertiary/aromatic N) is 3. The summed E-state index contributed by atoms with van der Waals surface area (Å²) < 4.78 is 39.2. The number of carbonyl (C=O) groups is 1. The molecule has 2 unspecified atom stereocenters. The summed E-state index contributed by atoms with van der Waals surface area (Å²) in [7, 11) is 0. The third-order valence-corrected chi connectivity index (χ3v) is 7.33. The normalized spacial score (nSPS) is 23.8. The van der Waals surface area contributed by atoms with Gasteiger partial charge in [0.25, 0.3) is 0 Å². The third kappa shape index (κ3) is 4.69. The molecule has 5 rings (SSSR count). The second-order valence-corrected chi connectivity index (χ2v) is 9.34. The van der Waals surface area contributed by atoms with Gasteiger partial charge in [0.15, 0.2) is 0 Å². The number of alkyl halides is 3. The second-order valence-electron chi connectivity index (χ2n) is 9.34. The number of amides is 1. The van der Waals surface area contributed by atoms with Gasteiger partial charge in [0.1, 0.15) is 0 Å². The SMILES string of the molecule is O=C(C1CCC(N2CC=C(c3ccccc3)CC2)C1)N1CCc2ncc(C(F)(F)F)cc2C1. The van der Waals surface area contributed by atoms with Crippen LogP contribution in [0.2, 0.25) is 0 Å². The molecule has 0 radical (unpaired) electrons. The van der Waals surface area contributed by atoms with Crippen molar-refractivity contribution >= 4 is 11.5 Å². The van der Waals surface area contributed by atoms with Gasteiger partial charge in [-0.1, -0.05) is 36.4 Å². The number of carbonyl (C=O) groups excluding carboxylic acids is 1. The lowest BCUT2D eigenvalue weighted by Gasteiger charge is -2.33. The zero-order valence-corrected chi connectivity index (χ0v) is 18.5. The molecule has 0 spiro atoms. The van der Waals surface area contributed by atoms with E-state index in [1.165, 1.54) is 11.1 Å². The molecule has 0 saturated heterocycles. The molecule has 1 aromatic carbocycles. The molecule has 1 fully saturated rings. The molecule has 1 amide bonds. The Hall–Kier alpha value is -2.67. The first kappa shape index (κ1) is 22.1. The number of benzene rings is 1. The summed E-state index contributed by atoms with van der Waals surface area (Å²) in [5.41, 5.74) is 3.12. The van der Waals surface area contributed by atoms with Crippen LogP contribution in [0.3, 0.4) is 0 Å². The van der Waals surface area contributed by atoms with Crippen LogP contribution in [-0.4, -0.2) is 46.4 Å². The van der Waals surface area contributed by atoms with Crippen molar-refractivity contribution in [1.29, 1.82) is 0 Å². The number of hydrogen-bond acceptors (Lipinski definition) is 3. The molecule has 0 bridgehead atoms. The van der Waals surface area contributed by atoms with Crippen LogP contribution in [0.5, 0.6) is 0 Å². The zero-order chi connectivity index (χ0) is 23.0. The molecule has 174 valence electrons. The Labute approximate surface area is 192 Å². The number of rotatable bonds is 3. The minimum atomic E-state index is -4.42. The van der Waals surface area contributed by atoms with Crippen molar-refractivity contribution in [3.63, 3.8) is 0 Å². The van der Waals surface area contributed by atoms with Crippen molar-refractivity contribution in [2.75, 3.05) is 19.6 Å². The van der Waals surface area contributed by atoms with E-state index in [2.05, 4.69) is 40.2 Å². The first-order chi connectivity index (χ1) is 15.9. The topological polar surface area (TPSA) is 36.4 Å². The molecule has 3 aliphatic rings. The van der Waals surface area contributed by atoms with Crippen molar-refractivity contribution in [3.8, 4) is 0 Å². The molecule has 1 aromatic heterocycles. The lowest BCUT2D eigenvalue weighted by atomic mass is 9.98. The molecule has 2 aromatic rings. The summed E-state index contributed by atoms with van der Waals surface area (Å²) in [4.78, 5) is 21.4. The van der Waals surface area contributed by atoms with Crippen LogP contribution in [0.25, 0.3) is 5.57 Å². The van der Waals surface area contributed by atoms with E-state index in [1.807, 2.05) is 6.07 Å². The van der Waals surface area contributed by atoms with E-state index >= 15 is 0 Å². The van der Waals surface area contributed by atoms with Crippen LogP contribution in [0.15, 0.2) is 48.7 Å². The summed E-state index contributed by atoms with van der Waals surface area (Å²) in [6.07, 6.45) is 2.97. The van der Waals surface area contributed by atoms with Gasteiger partial charge in [-0.05, 0) is 48.4 Å². The van der Waals surface area contributed by atoms with Crippen LogP contribution < -0.4 is 0 Å². The smallest absolute Gasteiger partial charge is 0.338 e. The highest BCUT2D eigenvalue weighted by atomic mass is 19.4. The summed E-state index contributed by atoms with van der Waals surface area (Å²) in [6, 6.07) is 12.0. The minimum absolute atomic E-state index is 0.0465. The fourth-order valence-electron chi connectivity index (χ4n) is 5.47. The van der Waals surface area contributed by atoms with Crippen LogP contribution in [-0.2, 0) is 23.9 Å². The van der Waals surface area contributed by atoms with Gasteiger partial charge >= 0.3 is 6.18 Å². The van der Waals surface area contributed by atoms with Gasteiger partial charge in [-0.25, -0.2) is 0 Å². The second kappa shape index (κ2) is 8.93. The average molecular weight is 456 g/mol. The number of pyridine rings is 1. The Kier molecular flexibility index (Phi) is 5.99. The fourth-order valence-corrected chi connectivity index (χ4v) is 5.47. The van der Waals surface area contributed by atoms with E-state index in [0.717, 1.165) is 51.0 Å². The first-order valence-corrected chi connectivity index (χ1v) is 11.7. The highest BCUT2D eigenvalue weighted by Crippen LogP contribution is 2.35. The standard InChI is InChI=1S/C26H28F3N3O/c27-26(28,29)22-14-21-17-32(13-10-24(21)30-16-22)25(33)20-6-7-23(15-20)31-11-8-19(9-12-31)18-4-2-1-3-5-18/h1-5,8,14,16,20,23H,6-7,9-13,15,17H2. The first-order valence-electron chi connectivity index (χ1n) is 11.7. The zero-order valence-electron chi connectivity index (χ0n) is 18.5. The van der Waals surface area contributed by atoms with Crippen molar-refractivity contribution in [2.24, 2.45) is 5.92 Å². The molecule has 2 aliphatic heterocycles. The van der Waals surface area contributed by atoms with Gasteiger partial charge in [0.2, 0.25) is 5.91 Å². The Morgan fingerprint density at radius 2 is 1.88 bits per heavy atom. The minimum Gasteiger partial charge on any atom is -0.338 e. The summed E-state index contributed by atoms with van der Waals surface area (Å²) in [5, 5.41) is 0. The van der Waals surface area contributed by atoms with Crippen LogP contribution in [0.1, 0.15) is 48.1 Å². The van der Waals surface area contributed by atoms with Crippen LogP contribution >= 0.6 is 0 Å². The molecule has 0 N–H and O–H groups in total. The Balaban J connectivity index is 1.19. The predicted octanol–water partition coefficient (Wildman–Crippen LogP) is 4.94. The summed E-state index contributed by atoms with van der Waals surface area (Å²) in [5.74, 6) is 0.0351. The predicted molar refractivity (Wildman–Crippen MR) is 120 cm³/mol. The largest absolute Gasteiger partial charge is 0.417 e. The van der Waals surface area contributed by atoms with Gasteiger partial charge < -0.3 is 4.90 Å². The van der Waals surface area contributed by atoms with E-state index < -0.39 is 11.7 Å². The number of halogens is 3. The van der Waals surface area contributed by atoms with E-state index in [1.54, 1.807) is 4.90 Å². The van der Waals surface area contributed by atoms with Gasteiger partial charge in [0.05, 0.1) is 5.56 Å². The molecule has 3 heterocycles. The lowest BCUT2D eigenvalue weighted by Crippen LogP contribution is -2.41. The van der Waals surface area contributed by atoms with E-state index in [0.29, 0.717) is 30.3 Å². The third-order valence-electron chi connectivity index (χ3n) is 7.33. The summed E-state index contributed by atoms with van der Waals surface area (Å²) >= 11 is 0. The molecule has 2 atom stereocenters. The van der Waals surface area contributed by atoms with E-state index in [-0.39, 0.29) is 18.4 Å². The highest BCUT2D eigenvalue weighted by molar-refractivity contribution is 5.79. The van der Waals surface area contributed by atoms with Crippen molar-refractivity contribution in [1.82, 2.24) is 14.8 Å². The molecular weight excluding hydrogens is 427 g/mol. The van der Waals surface area contributed by atoms with E-state index in [4.69, 9.17) is 0 Å². The van der Waals surface area contributed by atoms with Crippen LogP contribution in [0.4, 0.5) is 13.2 Å². The van der Waals surface area contributed by atoms with E-state index in [9.17, 15) is 18.0 Å². The van der Waals surface area contributed by atoms with Gasteiger partial charge in [-0.3, -0.25) is 14.7 Å². The maximum Gasteiger partial charge on any atom is 0.417 e. The average Bonchev–Trinajstić information content (AvgIpc) is 3.33. The number of hydrogen-bond donors (Lipinski definition) is 0. The molecule has 1 saturated carbocycles. The molecular formula is C26H28F3N3O. The highest BCUT2D eigenvalue weighted by Gasteiger charge is 2.37. The Morgan fingerprint density at radius 1 is 1.06 bits per heavy atom. The molecule has 7 heteroatoms. The maximum atomic E-state index is 13.2. The Morgan fingerprint density at radius 3 is 2.61 bits per heavy atom. The monoisotopic (exact) mass is 455 g/mol. The molecule has 33 heavy (non-hydrogen) atoms. The number of fused-ring (bicyclic) bond motifs is 1. The molecule has 1 aliphatic carbocycles. The Bertz CT molecular complexity index is 1050.